The Hall–Kier alpha value is -1.09. The standard InChI is InChI=1S/C11H16N2O/c12-7-9-5-6-13-8-11(9)14-10-3-1-2-4-10/h5-6,8,10H,1-4,7,12H2. The minimum absolute atomic E-state index is 0.379. The molecule has 1 aliphatic carbocycles. The van der Waals surface area contributed by atoms with E-state index in [1.807, 2.05) is 6.07 Å². The lowest BCUT2D eigenvalue weighted by atomic mass is 10.2. The molecule has 1 aromatic heterocycles. The van der Waals surface area contributed by atoms with Gasteiger partial charge in [-0.1, -0.05) is 0 Å². The average Bonchev–Trinajstić information content (AvgIpc) is 2.71. The molecule has 0 aliphatic heterocycles. The van der Waals surface area contributed by atoms with Crippen molar-refractivity contribution in [2.75, 3.05) is 0 Å². The molecule has 1 saturated carbocycles. The van der Waals surface area contributed by atoms with E-state index >= 15 is 0 Å². The summed E-state index contributed by atoms with van der Waals surface area (Å²) >= 11 is 0. The first kappa shape index (κ1) is 9.46. The van der Waals surface area contributed by atoms with Crippen LogP contribution in [-0.4, -0.2) is 11.1 Å². The molecule has 14 heavy (non-hydrogen) atoms. The molecule has 1 aromatic rings. The molecule has 1 aliphatic rings. The second kappa shape index (κ2) is 4.42. The van der Waals surface area contributed by atoms with E-state index in [1.165, 1.54) is 25.7 Å². The lowest BCUT2D eigenvalue weighted by molar-refractivity contribution is 0.207. The molecule has 0 spiro atoms. The van der Waals surface area contributed by atoms with Crippen molar-refractivity contribution in [3.8, 4) is 5.75 Å². The van der Waals surface area contributed by atoms with Crippen LogP contribution >= 0.6 is 0 Å². The van der Waals surface area contributed by atoms with Gasteiger partial charge in [-0.15, -0.1) is 0 Å². The largest absolute Gasteiger partial charge is 0.488 e. The van der Waals surface area contributed by atoms with Crippen molar-refractivity contribution in [3.05, 3.63) is 24.0 Å². The summed E-state index contributed by atoms with van der Waals surface area (Å²) in [6, 6.07) is 1.92. The maximum atomic E-state index is 5.85. The number of aromatic nitrogens is 1. The van der Waals surface area contributed by atoms with E-state index in [2.05, 4.69) is 4.98 Å². The summed E-state index contributed by atoms with van der Waals surface area (Å²) in [5.41, 5.74) is 6.67. The van der Waals surface area contributed by atoms with Gasteiger partial charge < -0.3 is 10.5 Å². The average molecular weight is 192 g/mol. The zero-order chi connectivity index (χ0) is 9.80. The van der Waals surface area contributed by atoms with E-state index in [0.29, 0.717) is 12.6 Å². The van der Waals surface area contributed by atoms with Crippen LogP contribution in [0.5, 0.6) is 5.75 Å². The summed E-state index contributed by atoms with van der Waals surface area (Å²) in [4.78, 5) is 4.05. The van der Waals surface area contributed by atoms with Crippen molar-refractivity contribution >= 4 is 0 Å². The third-order valence-electron chi connectivity index (χ3n) is 2.69. The molecule has 0 amide bonds. The highest BCUT2D eigenvalue weighted by Gasteiger charge is 2.17. The second-order valence-electron chi connectivity index (χ2n) is 3.71. The van der Waals surface area contributed by atoms with Gasteiger partial charge in [0.25, 0.3) is 0 Å². The van der Waals surface area contributed by atoms with Crippen molar-refractivity contribution in [2.45, 2.75) is 38.3 Å². The summed E-state index contributed by atoms with van der Waals surface area (Å²) in [5.74, 6) is 0.863. The van der Waals surface area contributed by atoms with Gasteiger partial charge >= 0.3 is 0 Å². The Morgan fingerprint density at radius 1 is 1.43 bits per heavy atom. The Bertz CT molecular complexity index is 295. The fraction of sp³-hybridized carbons (Fsp3) is 0.545. The maximum absolute atomic E-state index is 5.85. The van der Waals surface area contributed by atoms with Gasteiger partial charge in [-0.2, -0.15) is 0 Å². The first-order valence-electron chi connectivity index (χ1n) is 5.20. The SMILES string of the molecule is NCc1ccncc1OC1CCCC1. The molecule has 0 radical (unpaired) electrons. The molecule has 0 atom stereocenters. The minimum Gasteiger partial charge on any atom is -0.488 e. The third kappa shape index (κ3) is 2.04. The number of nitrogens with two attached hydrogens (primary N) is 1. The van der Waals surface area contributed by atoms with Crippen LogP contribution in [-0.2, 0) is 6.54 Å². The molecule has 1 heterocycles. The van der Waals surface area contributed by atoms with Crippen molar-refractivity contribution < 1.29 is 4.74 Å². The van der Waals surface area contributed by atoms with Crippen LogP contribution in [0.15, 0.2) is 18.5 Å². The molecule has 3 heteroatoms. The lowest BCUT2D eigenvalue weighted by Crippen LogP contribution is -2.13. The van der Waals surface area contributed by atoms with Gasteiger partial charge in [0.05, 0.1) is 12.3 Å². The molecule has 0 unspecified atom stereocenters. The van der Waals surface area contributed by atoms with Crippen molar-refractivity contribution in [1.29, 1.82) is 0 Å². The third-order valence-corrected chi connectivity index (χ3v) is 2.69. The van der Waals surface area contributed by atoms with E-state index in [-0.39, 0.29) is 0 Å². The Morgan fingerprint density at radius 2 is 2.21 bits per heavy atom. The van der Waals surface area contributed by atoms with Crippen LogP contribution in [0.4, 0.5) is 0 Å². The zero-order valence-corrected chi connectivity index (χ0v) is 8.28. The van der Waals surface area contributed by atoms with Crippen molar-refractivity contribution in [1.82, 2.24) is 4.98 Å². The van der Waals surface area contributed by atoms with E-state index < -0.39 is 0 Å². The predicted octanol–water partition coefficient (Wildman–Crippen LogP) is 1.86. The van der Waals surface area contributed by atoms with Gasteiger partial charge in [-0.25, -0.2) is 0 Å². The zero-order valence-electron chi connectivity index (χ0n) is 8.28. The maximum Gasteiger partial charge on any atom is 0.142 e. The molecule has 2 N–H and O–H groups in total. The smallest absolute Gasteiger partial charge is 0.142 e. The summed E-state index contributed by atoms with van der Waals surface area (Å²) in [6.07, 6.45) is 8.79. The van der Waals surface area contributed by atoms with E-state index in [1.54, 1.807) is 12.4 Å². The van der Waals surface area contributed by atoms with Gasteiger partial charge in [-0.3, -0.25) is 4.98 Å². The minimum atomic E-state index is 0.379. The molecular formula is C11H16N2O. The van der Waals surface area contributed by atoms with Gasteiger partial charge in [-0.05, 0) is 31.7 Å². The first-order chi connectivity index (χ1) is 6.90. The number of ether oxygens (including phenoxy) is 1. The molecule has 0 bridgehead atoms. The summed E-state index contributed by atoms with van der Waals surface area (Å²) in [6.45, 7) is 0.518. The molecule has 2 rings (SSSR count). The summed E-state index contributed by atoms with van der Waals surface area (Å²) < 4.78 is 5.85. The predicted molar refractivity (Wildman–Crippen MR) is 55.0 cm³/mol. The molecule has 0 saturated heterocycles. The Morgan fingerprint density at radius 3 is 2.93 bits per heavy atom. The van der Waals surface area contributed by atoms with Gasteiger partial charge in [0.1, 0.15) is 5.75 Å². The molecule has 0 aromatic carbocycles. The van der Waals surface area contributed by atoms with Crippen LogP contribution in [0.25, 0.3) is 0 Å². The van der Waals surface area contributed by atoms with Crippen LogP contribution in [0.2, 0.25) is 0 Å². The van der Waals surface area contributed by atoms with Crippen LogP contribution in [0.1, 0.15) is 31.2 Å². The fourth-order valence-electron chi connectivity index (χ4n) is 1.87. The van der Waals surface area contributed by atoms with E-state index in [0.717, 1.165) is 11.3 Å². The highest BCUT2D eigenvalue weighted by molar-refractivity contribution is 5.29. The molecule has 76 valence electrons. The second-order valence-corrected chi connectivity index (χ2v) is 3.71. The fourth-order valence-corrected chi connectivity index (χ4v) is 1.87. The first-order valence-corrected chi connectivity index (χ1v) is 5.20. The van der Waals surface area contributed by atoms with Crippen LogP contribution in [0.3, 0.4) is 0 Å². The van der Waals surface area contributed by atoms with Crippen LogP contribution in [0, 0.1) is 0 Å². The van der Waals surface area contributed by atoms with Crippen LogP contribution < -0.4 is 10.5 Å². The lowest BCUT2D eigenvalue weighted by Gasteiger charge is -2.14. The topological polar surface area (TPSA) is 48.1 Å². The van der Waals surface area contributed by atoms with Gasteiger partial charge in [0, 0.05) is 18.3 Å². The molecule has 3 nitrogen and oxygen atoms in total. The van der Waals surface area contributed by atoms with Crippen molar-refractivity contribution in [2.24, 2.45) is 5.73 Å². The van der Waals surface area contributed by atoms with E-state index in [9.17, 15) is 0 Å². The highest BCUT2D eigenvalue weighted by atomic mass is 16.5. The van der Waals surface area contributed by atoms with Crippen molar-refractivity contribution in [3.63, 3.8) is 0 Å². The summed E-state index contributed by atoms with van der Waals surface area (Å²) in [5, 5.41) is 0. The van der Waals surface area contributed by atoms with Gasteiger partial charge in [0.2, 0.25) is 0 Å². The number of hydrogen-bond donors (Lipinski definition) is 1. The Balaban J connectivity index is 2.07. The Labute approximate surface area is 84.3 Å². The normalized spacial score (nSPS) is 17.2. The molecule has 1 fully saturated rings. The highest BCUT2D eigenvalue weighted by Crippen LogP contribution is 2.25. The quantitative estimate of drug-likeness (QED) is 0.795. The summed E-state index contributed by atoms with van der Waals surface area (Å²) in [7, 11) is 0. The number of nitrogens with zero attached hydrogens (tertiary/aromatic N) is 1. The van der Waals surface area contributed by atoms with Gasteiger partial charge in [0.15, 0.2) is 0 Å². The number of hydrogen-bond acceptors (Lipinski definition) is 3. The number of pyridine rings is 1. The van der Waals surface area contributed by atoms with E-state index in [4.69, 9.17) is 10.5 Å². The Kier molecular flexibility index (Phi) is 2.99. The molecular weight excluding hydrogens is 176 g/mol. The number of rotatable bonds is 3. The monoisotopic (exact) mass is 192 g/mol.